The number of rotatable bonds is 7. The van der Waals surface area contributed by atoms with Crippen LogP contribution in [0.4, 0.5) is 32.0 Å². The average molecular weight is 450 g/mol. The van der Waals surface area contributed by atoms with Crippen molar-refractivity contribution >= 4 is 11.6 Å². The zero-order valence-electron chi connectivity index (χ0n) is 16.8. The molecule has 172 valence electrons. The number of likely N-dealkylation sites (tertiary alicyclic amines) is 1. The van der Waals surface area contributed by atoms with Crippen LogP contribution in [0.1, 0.15) is 31.2 Å². The van der Waals surface area contributed by atoms with Gasteiger partial charge in [0.15, 0.2) is 5.82 Å². The second kappa shape index (κ2) is 8.18. The van der Waals surface area contributed by atoms with Gasteiger partial charge in [0.1, 0.15) is 5.75 Å². The molecule has 0 radical (unpaired) electrons. The number of benzene rings is 1. The molecule has 1 aromatic carbocycles. The topological polar surface area (TPSA) is 41.6 Å². The van der Waals surface area contributed by atoms with Gasteiger partial charge < -0.3 is 10.1 Å². The van der Waals surface area contributed by atoms with Gasteiger partial charge >= 0.3 is 12.1 Å². The summed E-state index contributed by atoms with van der Waals surface area (Å²) in [5.74, 6) is -3.88. The predicted molar refractivity (Wildman–Crippen MR) is 101 cm³/mol. The van der Waals surface area contributed by atoms with Crippen molar-refractivity contribution in [1.82, 2.24) is 4.90 Å². The number of carbonyl (C=O) groups is 1. The monoisotopic (exact) mass is 450 g/mol. The number of halogens is 6. The number of hydrogen-bond donors (Lipinski definition) is 1. The highest BCUT2D eigenvalue weighted by atomic mass is 19.4. The summed E-state index contributed by atoms with van der Waals surface area (Å²) in [4.78, 5) is 12.6. The Bertz CT molecular complexity index is 836. The molecule has 1 saturated carbocycles. The van der Waals surface area contributed by atoms with Crippen LogP contribution in [0.15, 0.2) is 12.1 Å². The number of amides is 1. The lowest BCUT2D eigenvalue weighted by atomic mass is 9.90. The molecule has 1 saturated heterocycles. The third-order valence-electron chi connectivity index (χ3n) is 6.57. The summed E-state index contributed by atoms with van der Waals surface area (Å²) in [6, 6.07) is 2.91. The molecule has 1 amide bonds. The molecule has 4 nitrogen and oxygen atoms in total. The number of alkyl halides is 5. The minimum Gasteiger partial charge on any atom is -0.493 e. The summed E-state index contributed by atoms with van der Waals surface area (Å²) in [6.45, 7) is -0.380. The maximum Gasteiger partial charge on any atom is 0.454 e. The Morgan fingerprint density at radius 1 is 1.13 bits per heavy atom. The lowest BCUT2D eigenvalue weighted by molar-refractivity contribution is -0.287. The van der Waals surface area contributed by atoms with E-state index in [-0.39, 0.29) is 31.1 Å². The molecule has 2 fully saturated rings. The van der Waals surface area contributed by atoms with E-state index in [4.69, 9.17) is 4.74 Å². The summed E-state index contributed by atoms with van der Waals surface area (Å²) in [6.07, 6.45) is -2.39. The molecular formula is C21H24F6N2O2. The molecule has 2 aliphatic heterocycles. The second-order valence-electron chi connectivity index (χ2n) is 8.78. The Morgan fingerprint density at radius 3 is 2.52 bits per heavy atom. The summed E-state index contributed by atoms with van der Waals surface area (Å²) in [5.41, 5.74) is 0.783. The third kappa shape index (κ3) is 4.94. The summed E-state index contributed by atoms with van der Waals surface area (Å²) in [7, 11) is 0. The number of piperidine rings is 1. The number of nitrogens with one attached hydrogen (secondary N) is 1. The third-order valence-corrected chi connectivity index (χ3v) is 6.57. The van der Waals surface area contributed by atoms with Crippen LogP contribution in [-0.2, 0) is 11.2 Å². The Hall–Kier alpha value is -1.97. The number of carbonyl (C=O) groups excluding carboxylic acids is 1. The first-order valence-corrected chi connectivity index (χ1v) is 10.5. The quantitative estimate of drug-likeness (QED) is 0.616. The molecule has 3 aliphatic rings. The first-order chi connectivity index (χ1) is 14.5. The van der Waals surface area contributed by atoms with Crippen LogP contribution in [0.25, 0.3) is 0 Å². The molecule has 0 spiro atoms. The van der Waals surface area contributed by atoms with Crippen molar-refractivity contribution in [2.24, 2.45) is 17.8 Å². The van der Waals surface area contributed by atoms with Gasteiger partial charge in [-0.05, 0) is 68.2 Å². The maximum absolute atomic E-state index is 14.0. The fourth-order valence-corrected chi connectivity index (χ4v) is 4.77. The molecule has 1 unspecified atom stereocenters. The molecular weight excluding hydrogens is 426 g/mol. The molecule has 2 atom stereocenters. The van der Waals surface area contributed by atoms with E-state index in [1.165, 1.54) is 11.0 Å². The second-order valence-corrected chi connectivity index (χ2v) is 8.78. The van der Waals surface area contributed by atoms with Gasteiger partial charge in [0.05, 0.1) is 25.3 Å². The van der Waals surface area contributed by atoms with E-state index in [1.807, 2.05) is 0 Å². The Morgan fingerprint density at radius 2 is 1.84 bits per heavy atom. The summed E-state index contributed by atoms with van der Waals surface area (Å²) >= 11 is 0. The van der Waals surface area contributed by atoms with Crippen LogP contribution >= 0.6 is 0 Å². The average Bonchev–Trinajstić information content (AvgIpc) is 3.33. The number of hydrogen-bond acceptors (Lipinski definition) is 3. The Kier molecular flexibility index (Phi) is 5.87. The van der Waals surface area contributed by atoms with E-state index >= 15 is 0 Å². The minimum absolute atomic E-state index is 0.127. The fraction of sp³-hybridized carbons (Fsp3) is 0.667. The highest BCUT2D eigenvalue weighted by Crippen LogP contribution is 2.50. The van der Waals surface area contributed by atoms with Gasteiger partial charge in [-0.25, -0.2) is 4.39 Å². The van der Waals surface area contributed by atoms with Gasteiger partial charge in [-0.15, -0.1) is 0 Å². The van der Waals surface area contributed by atoms with E-state index in [0.717, 1.165) is 12.8 Å². The molecule has 31 heavy (non-hydrogen) atoms. The summed E-state index contributed by atoms with van der Waals surface area (Å²) in [5, 5.41) is 2.47. The largest absolute Gasteiger partial charge is 0.493 e. The van der Waals surface area contributed by atoms with Crippen molar-refractivity contribution < 1.29 is 35.9 Å². The van der Waals surface area contributed by atoms with Gasteiger partial charge in [-0.3, -0.25) is 9.69 Å². The van der Waals surface area contributed by atoms with Gasteiger partial charge in [0.2, 0.25) is 5.91 Å². The first kappa shape index (κ1) is 22.2. The maximum atomic E-state index is 14.0. The molecule has 1 aliphatic carbocycles. The first-order valence-electron chi connectivity index (χ1n) is 10.5. The normalized spacial score (nSPS) is 24.8. The van der Waals surface area contributed by atoms with Gasteiger partial charge in [-0.2, -0.15) is 22.0 Å². The fourth-order valence-electron chi connectivity index (χ4n) is 4.77. The zero-order valence-corrected chi connectivity index (χ0v) is 16.8. The SMILES string of the molecule is O=C1Cc2cc(OCCC3C[C@@H]3C3CCN(CC(F)(F)C(F)(F)F)CC3)cc(F)c2N1. The standard InChI is InChI=1S/C21H24F6N2O2/c22-17-10-15(7-14-9-18(30)28-19(14)17)31-6-3-13-8-16(13)12-1-4-29(5-2-12)11-20(23,24)21(25,26)27/h7,10,12-13,16H,1-6,8-9,11H2,(H,28,30)/t13?,16-/m1/s1. The van der Waals surface area contributed by atoms with Crippen LogP contribution in [0.2, 0.25) is 0 Å². The van der Waals surface area contributed by atoms with E-state index in [9.17, 15) is 31.1 Å². The Labute approximate surface area is 175 Å². The molecule has 2 heterocycles. The van der Waals surface area contributed by atoms with Crippen LogP contribution in [0, 0.1) is 23.6 Å². The highest BCUT2D eigenvalue weighted by Gasteiger charge is 2.58. The van der Waals surface area contributed by atoms with Crippen LogP contribution in [0.5, 0.6) is 5.75 Å². The smallest absolute Gasteiger partial charge is 0.454 e. The van der Waals surface area contributed by atoms with Gasteiger partial charge in [0.25, 0.3) is 0 Å². The van der Waals surface area contributed by atoms with Crippen molar-refractivity contribution in [3.8, 4) is 5.75 Å². The van der Waals surface area contributed by atoms with E-state index in [2.05, 4.69) is 5.32 Å². The molecule has 4 rings (SSSR count). The molecule has 1 aromatic rings. The van der Waals surface area contributed by atoms with Gasteiger partial charge in [0, 0.05) is 6.07 Å². The van der Waals surface area contributed by atoms with Crippen LogP contribution < -0.4 is 10.1 Å². The predicted octanol–water partition coefficient (Wildman–Crippen LogP) is 4.63. The number of anilines is 1. The number of fused-ring (bicyclic) bond motifs is 1. The van der Waals surface area contributed by atoms with Crippen molar-refractivity contribution in [3.05, 3.63) is 23.5 Å². The Balaban J connectivity index is 1.18. The number of ether oxygens (including phenoxy) is 1. The minimum atomic E-state index is -5.51. The van der Waals surface area contributed by atoms with Crippen molar-refractivity contribution in [2.75, 3.05) is 31.6 Å². The van der Waals surface area contributed by atoms with Crippen molar-refractivity contribution in [3.63, 3.8) is 0 Å². The van der Waals surface area contributed by atoms with Crippen molar-refractivity contribution in [2.45, 2.75) is 44.2 Å². The van der Waals surface area contributed by atoms with E-state index < -0.39 is 24.5 Å². The molecule has 0 bridgehead atoms. The lowest BCUT2D eigenvalue weighted by Gasteiger charge is -2.34. The highest BCUT2D eigenvalue weighted by molar-refractivity contribution is 5.99. The van der Waals surface area contributed by atoms with Crippen LogP contribution in [-0.4, -0.2) is 49.1 Å². The molecule has 0 aromatic heterocycles. The van der Waals surface area contributed by atoms with Crippen molar-refractivity contribution in [1.29, 1.82) is 0 Å². The van der Waals surface area contributed by atoms with Crippen LogP contribution in [0.3, 0.4) is 0 Å². The lowest BCUT2D eigenvalue weighted by Crippen LogP contribution is -2.49. The molecule has 10 heteroatoms. The van der Waals surface area contributed by atoms with E-state index in [0.29, 0.717) is 48.5 Å². The molecule has 1 N–H and O–H groups in total. The summed E-state index contributed by atoms with van der Waals surface area (Å²) < 4.78 is 83.2. The van der Waals surface area contributed by atoms with E-state index in [1.54, 1.807) is 6.07 Å². The van der Waals surface area contributed by atoms with Gasteiger partial charge in [-0.1, -0.05) is 0 Å². The zero-order chi connectivity index (χ0) is 22.4. The number of nitrogens with zero attached hydrogens (tertiary/aromatic N) is 1.